The number of carbonyl (C=O) groups is 2. The SMILES string of the molecule is COC(=O)c1c(NC(=O)CSc2nnc(-c3cccs3)n2CC2CCCO2)sc2c1CCCC2. The zero-order valence-electron chi connectivity index (χ0n) is 18.9. The highest BCUT2D eigenvalue weighted by Gasteiger charge is 2.27. The number of fused-ring (bicyclic) bond motifs is 1. The first-order valence-corrected chi connectivity index (χ1v) is 14.1. The number of ether oxygens (including phenoxy) is 2. The Morgan fingerprint density at radius 3 is 2.94 bits per heavy atom. The fourth-order valence-electron chi connectivity index (χ4n) is 4.40. The maximum atomic E-state index is 12.9. The smallest absolute Gasteiger partial charge is 0.341 e. The Morgan fingerprint density at radius 1 is 1.29 bits per heavy atom. The van der Waals surface area contributed by atoms with Crippen molar-refractivity contribution < 1.29 is 19.1 Å². The van der Waals surface area contributed by atoms with Gasteiger partial charge >= 0.3 is 5.97 Å². The molecule has 1 saturated heterocycles. The van der Waals surface area contributed by atoms with Crippen molar-refractivity contribution in [1.82, 2.24) is 14.8 Å². The van der Waals surface area contributed by atoms with Crippen LogP contribution in [0.2, 0.25) is 0 Å². The number of aryl methyl sites for hydroxylation is 1. The molecule has 8 nitrogen and oxygen atoms in total. The number of thioether (sulfide) groups is 1. The van der Waals surface area contributed by atoms with Crippen LogP contribution in [0.5, 0.6) is 0 Å². The molecule has 4 heterocycles. The normalized spacial score (nSPS) is 17.5. The second-order valence-electron chi connectivity index (χ2n) is 8.27. The predicted molar refractivity (Wildman–Crippen MR) is 134 cm³/mol. The van der Waals surface area contributed by atoms with Crippen LogP contribution in [0.1, 0.15) is 46.5 Å². The van der Waals surface area contributed by atoms with Gasteiger partial charge in [-0.25, -0.2) is 4.79 Å². The molecule has 1 aliphatic heterocycles. The molecule has 0 radical (unpaired) electrons. The number of thiophene rings is 2. The third kappa shape index (κ3) is 4.93. The number of nitrogens with one attached hydrogen (secondary N) is 1. The summed E-state index contributed by atoms with van der Waals surface area (Å²) in [6, 6.07) is 4.01. The van der Waals surface area contributed by atoms with Crippen molar-refractivity contribution in [3.8, 4) is 10.7 Å². The van der Waals surface area contributed by atoms with Crippen LogP contribution >= 0.6 is 34.4 Å². The molecular weight excluding hydrogens is 492 g/mol. The number of aromatic nitrogens is 3. The zero-order chi connectivity index (χ0) is 23.5. The number of carbonyl (C=O) groups excluding carboxylic acids is 2. The van der Waals surface area contributed by atoms with Gasteiger partial charge in [0.05, 0.1) is 36.0 Å². The Morgan fingerprint density at radius 2 is 2.18 bits per heavy atom. The molecule has 34 heavy (non-hydrogen) atoms. The monoisotopic (exact) mass is 518 g/mol. The summed E-state index contributed by atoms with van der Waals surface area (Å²) >= 11 is 4.45. The minimum absolute atomic E-state index is 0.128. The van der Waals surface area contributed by atoms with Crippen molar-refractivity contribution >= 4 is 51.3 Å². The van der Waals surface area contributed by atoms with E-state index in [0.717, 1.165) is 61.4 Å². The molecule has 1 amide bonds. The summed E-state index contributed by atoms with van der Waals surface area (Å²) in [6.07, 6.45) is 6.12. The van der Waals surface area contributed by atoms with E-state index in [-0.39, 0.29) is 23.7 Å². The first-order valence-electron chi connectivity index (χ1n) is 11.4. The maximum Gasteiger partial charge on any atom is 0.341 e. The van der Waals surface area contributed by atoms with Crippen molar-refractivity contribution in [1.29, 1.82) is 0 Å². The van der Waals surface area contributed by atoms with Crippen molar-refractivity contribution in [2.24, 2.45) is 0 Å². The van der Waals surface area contributed by atoms with Crippen molar-refractivity contribution in [2.75, 3.05) is 24.8 Å². The lowest BCUT2D eigenvalue weighted by atomic mass is 9.95. The van der Waals surface area contributed by atoms with Crippen LogP contribution in [0.3, 0.4) is 0 Å². The fraction of sp³-hybridized carbons (Fsp3) is 0.478. The van der Waals surface area contributed by atoms with Crippen LogP contribution in [-0.4, -0.2) is 52.2 Å². The molecule has 5 rings (SSSR count). The molecule has 1 aliphatic carbocycles. The fourth-order valence-corrected chi connectivity index (χ4v) is 7.16. The molecule has 0 bridgehead atoms. The molecule has 1 N–H and O–H groups in total. The number of amides is 1. The summed E-state index contributed by atoms with van der Waals surface area (Å²) in [5, 5.41) is 15.0. The molecule has 11 heteroatoms. The number of hydrogen-bond acceptors (Lipinski definition) is 9. The molecule has 3 aromatic heterocycles. The standard InChI is InChI=1S/C23H26N4O4S3/c1-30-22(29)19-15-7-2-3-8-16(15)34-21(19)24-18(28)13-33-23-26-25-20(17-9-5-11-32-17)27(23)12-14-6-4-10-31-14/h5,9,11,14H,2-4,6-8,10,12-13H2,1H3,(H,24,28). The highest BCUT2D eigenvalue weighted by Crippen LogP contribution is 2.38. The summed E-state index contributed by atoms with van der Waals surface area (Å²) in [5.41, 5.74) is 1.55. The Labute approximate surface area is 210 Å². The predicted octanol–water partition coefficient (Wildman–Crippen LogP) is 4.64. The van der Waals surface area contributed by atoms with Crippen LogP contribution in [0.25, 0.3) is 10.7 Å². The summed E-state index contributed by atoms with van der Waals surface area (Å²) in [4.78, 5) is 27.6. The average molecular weight is 519 g/mol. The van der Waals surface area contributed by atoms with Gasteiger partial charge in [-0.3, -0.25) is 9.36 Å². The van der Waals surface area contributed by atoms with Crippen molar-refractivity contribution in [3.05, 3.63) is 33.5 Å². The minimum atomic E-state index is -0.390. The number of rotatable bonds is 8. The second-order valence-corrected chi connectivity index (χ2v) is 11.3. The Kier molecular flexibility index (Phi) is 7.33. The zero-order valence-corrected chi connectivity index (χ0v) is 21.3. The summed E-state index contributed by atoms with van der Waals surface area (Å²) in [7, 11) is 1.38. The van der Waals surface area contributed by atoms with Crippen LogP contribution in [0.15, 0.2) is 22.7 Å². The van der Waals surface area contributed by atoms with E-state index in [1.54, 1.807) is 11.3 Å². The number of hydrogen-bond donors (Lipinski definition) is 1. The number of anilines is 1. The minimum Gasteiger partial charge on any atom is -0.465 e. The van der Waals surface area contributed by atoms with Gasteiger partial charge in [0.1, 0.15) is 5.00 Å². The molecule has 1 unspecified atom stereocenters. The van der Waals surface area contributed by atoms with Gasteiger partial charge in [0.15, 0.2) is 11.0 Å². The summed E-state index contributed by atoms with van der Waals surface area (Å²) in [6.45, 7) is 1.44. The van der Waals surface area contributed by atoms with Gasteiger partial charge in [-0.15, -0.1) is 32.9 Å². The first kappa shape index (κ1) is 23.5. The van der Waals surface area contributed by atoms with Crippen LogP contribution in [0, 0.1) is 0 Å². The van der Waals surface area contributed by atoms with E-state index in [1.165, 1.54) is 35.1 Å². The number of nitrogens with zero attached hydrogens (tertiary/aromatic N) is 3. The number of methoxy groups -OCH3 is 1. The van der Waals surface area contributed by atoms with E-state index in [2.05, 4.69) is 20.1 Å². The van der Waals surface area contributed by atoms with Crippen molar-refractivity contribution in [2.45, 2.75) is 56.3 Å². The molecule has 0 saturated carbocycles. The molecule has 3 aromatic rings. The maximum absolute atomic E-state index is 12.9. The van der Waals surface area contributed by atoms with Gasteiger partial charge in [-0.1, -0.05) is 17.8 Å². The summed E-state index contributed by atoms with van der Waals surface area (Å²) < 4.78 is 12.9. The van der Waals surface area contributed by atoms with E-state index < -0.39 is 0 Å². The van der Waals surface area contributed by atoms with E-state index >= 15 is 0 Å². The van der Waals surface area contributed by atoms with Gasteiger partial charge in [-0.2, -0.15) is 0 Å². The van der Waals surface area contributed by atoms with Crippen LogP contribution in [0.4, 0.5) is 5.00 Å². The lowest BCUT2D eigenvalue weighted by Crippen LogP contribution is -2.18. The molecule has 180 valence electrons. The van der Waals surface area contributed by atoms with Gasteiger partial charge in [0.25, 0.3) is 0 Å². The van der Waals surface area contributed by atoms with Crippen LogP contribution in [-0.2, 0) is 33.7 Å². The molecule has 2 aliphatic rings. The lowest BCUT2D eigenvalue weighted by molar-refractivity contribution is -0.113. The van der Waals surface area contributed by atoms with Gasteiger partial charge in [-0.05, 0) is 55.5 Å². The van der Waals surface area contributed by atoms with E-state index in [0.29, 0.717) is 22.3 Å². The van der Waals surface area contributed by atoms with Gasteiger partial charge in [0.2, 0.25) is 5.91 Å². The van der Waals surface area contributed by atoms with Gasteiger partial charge in [0, 0.05) is 11.5 Å². The third-order valence-electron chi connectivity index (χ3n) is 6.01. The number of esters is 1. The molecular formula is C23H26N4O4S3. The highest BCUT2D eigenvalue weighted by atomic mass is 32.2. The van der Waals surface area contributed by atoms with Gasteiger partial charge < -0.3 is 14.8 Å². The lowest BCUT2D eigenvalue weighted by Gasteiger charge is -2.14. The first-order chi connectivity index (χ1) is 16.6. The molecule has 1 atom stereocenters. The van der Waals surface area contributed by atoms with Crippen LogP contribution < -0.4 is 5.32 Å². The van der Waals surface area contributed by atoms with E-state index in [4.69, 9.17) is 9.47 Å². The van der Waals surface area contributed by atoms with Crippen molar-refractivity contribution in [3.63, 3.8) is 0 Å². The van der Waals surface area contributed by atoms with E-state index in [9.17, 15) is 9.59 Å². The van der Waals surface area contributed by atoms with E-state index in [1.807, 2.05) is 17.5 Å². The third-order valence-corrected chi connectivity index (χ3v) is 9.05. The average Bonchev–Trinajstić information content (AvgIpc) is 3.64. The highest BCUT2D eigenvalue weighted by molar-refractivity contribution is 7.99. The molecule has 1 fully saturated rings. The Hall–Kier alpha value is -2.21. The quantitative estimate of drug-likeness (QED) is 0.343. The topological polar surface area (TPSA) is 95.3 Å². The molecule has 0 aromatic carbocycles. The Balaban J connectivity index is 1.31. The second kappa shape index (κ2) is 10.6. The summed E-state index contributed by atoms with van der Waals surface area (Å²) in [5.74, 6) is 0.390. The Bertz CT molecular complexity index is 1170. The largest absolute Gasteiger partial charge is 0.465 e. The molecule has 0 spiro atoms.